The van der Waals surface area contributed by atoms with Gasteiger partial charge in [-0.3, -0.25) is 4.79 Å². The van der Waals surface area contributed by atoms with Crippen molar-refractivity contribution >= 4 is 17.5 Å². The van der Waals surface area contributed by atoms with E-state index < -0.39 is 0 Å². The van der Waals surface area contributed by atoms with Gasteiger partial charge < -0.3 is 15.0 Å². The van der Waals surface area contributed by atoms with Gasteiger partial charge >= 0.3 is 0 Å². The first-order valence-corrected chi connectivity index (χ1v) is 9.27. The molecule has 6 heteroatoms. The highest BCUT2D eigenvalue weighted by Crippen LogP contribution is 2.20. The zero-order chi connectivity index (χ0) is 19.8. The van der Waals surface area contributed by atoms with Crippen LogP contribution in [0.3, 0.4) is 0 Å². The molecule has 0 aliphatic rings. The smallest absolute Gasteiger partial charge is 0.254 e. The van der Waals surface area contributed by atoms with Crippen LogP contribution in [0.1, 0.15) is 22.8 Å². The van der Waals surface area contributed by atoms with Crippen LogP contribution in [0.5, 0.6) is 5.75 Å². The Balaban J connectivity index is 1.58. The molecular weight excluding hydrogens is 352 g/mol. The van der Waals surface area contributed by atoms with Gasteiger partial charge in [-0.2, -0.15) is 0 Å². The Morgan fingerprint density at radius 1 is 1.07 bits per heavy atom. The van der Waals surface area contributed by atoms with E-state index in [-0.39, 0.29) is 5.91 Å². The first-order chi connectivity index (χ1) is 13.7. The number of rotatable bonds is 8. The molecule has 0 saturated carbocycles. The molecule has 0 unspecified atom stereocenters. The monoisotopic (exact) mass is 376 g/mol. The highest BCUT2D eigenvalue weighted by molar-refractivity contribution is 5.93. The number of amides is 1. The molecule has 0 aliphatic heterocycles. The molecule has 0 fully saturated rings. The fraction of sp³-hybridized carbons (Fsp3) is 0.227. The van der Waals surface area contributed by atoms with Gasteiger partial charge in [-0.15, -0.1) is 0 Å². The number of hydrogen-bond acceptors (Lipinski definition) is 5. The Morgan fingerprint density at radius 3 is 2.50 bits per heavy atom. The first kappa shape index (κ1) is 19.4. The van der Waals surface area contributed by atoms with E-state index in [4.69, 9.17) is 4.74 Å². The van der Waals surface area contributed by atoms with E-state index in [1.807, 2.05) is 66.4 Å². The van der Waals surface area contributed by atoms with Crippen LogP contribution in [0.15, 0.2) is 67.0 Å². The van der Waals surface area contributed by atoms with Crippen LogP contribution in [0.4, 0.5) is 11.6 Å². The number of anilines is 2. The second-order valence-corrected chi connectivity index (χ2v) is 6.21. The molecule has 1 amide bonds. The minimum Gasteiger partial charge on any atom is -0.497 e. The van der Waals surface area contributed by atoms with Crippen molar-refractivity contribution in [2.45, 2.75) is 13.3 Å². The van der Waals surface area contributed by atoms with Crippen molar-refractivity contribution in [1.29, 1.82) is 0 Å². The molecule has 0 bridgehead atoms. The summed E-state index contributed by atoms with van der Waals surface area (Å²) in [4.78, 5) is 23.1. The van der Waals surface area contributed by atoms with Crippen molar-refractivity contribution in [3.05, 3.63) is 78.1 Å². The highest BCUT2D eigenvalue weighted by atomic mass is 16.5. The third-order valence-electron chi connectivity index (χ3n) is 4.36. The number of carbonyl (C=O) groups is 1. The average Bonchev–Trinajstić information content (AvgIpc) is 2.75. The zero-order valence-corrected chi connectivity index (χ0v) is 16.1. The van der Waals surface area contributed by atoms with Gasteiger partial charge in [0.05, 0.1) is 12.7 Å². The predicted molar refractivity (Wildman–Crippen MR) is 110 cm³/mol. The van der Waals surface area contributed by atoms with Gasteiger partial charge in [0, 0.05) is 31.2 Å². The van der Waals surface area contributed by atoms with Gasteiger partial charge in [-0.05, 0) is 43.2 Å². The summed E-state index contributed by atoms with van der Waals surface area (Å²) >= 11 is 0. The molecule has 6 nitrogen and oxygen atoms in total. The molecule has 0 aliphatic carbocycles. The fourth-order valence-electron chi connectivity index (χ4n) is 2.88. The largest absolute Gasteiger partial charge is 0.497 e. The van der Waals surface area contributed by atoms with E-state index in [2.05, 4.69) is 15.3 Å². The predicted octanol–water partition coefficient (Wildman–Crippen LogP) is 3.62. The van der Waals surface area contributed by atoms with E-state index in [0.29, 0.717) is 18.1 Å². The third kappa shape index (κ3) is 4.85. The second-order valence-electron chi connectivity index (χ2n) is 6.21. The number of aromatic nitrogens is 2. The molecule has 0 radical (unpaired) electrons. The summed E-state index contributed by atoms with van der Waals surface area (Å²) in [6.45, 7) is 3.30. The topological polar surface area (TPSA) is 67.4 Å². The average molecular weight is 376 g/mol. The van der Waals surface area contributed by atoms with Crippen LogP contribution < -0.4 is 15.0 Å². The summed E-state index contributed by atoms with van der Waals surface area (Å²) in [5.41, 5.74) is 2.56. The maximum Gasteiger partial charge on any atom is 0.254 e. The normalized spacial score (nSPS) is 10.4. The first-order valence-electron chi connectivity index (χ1n) is 9.27. The molecule has 0 spiro atoms. The summed E-state index contributed by atoms with van der Waals surface area (Å²) in [6.07, 6.45) is 3.85. The van der Waals surface area contributed by atoms with E-state index in [9.17, 15) is 4.79 Å². The summed E-state index contributed by atoms with van der Waals surface area (Å²) in [5, 5.41) is 2.91. The van der Waals surface area contributed by atoms with Gasteiger partial charge in [0.25, 0.3) is 5.91 Å². The number of nitrogens with zero attached hydrogens (tertiary/aromatic N) is 3. The van der Waals surface area contributed by atoms with Gasteiger partial charge in [0.1, 0.15) is 5.75 Å². The number of hydrogen-bond donors (Lipinski definition) is 1. The fourth-order valence-corrected chi connectivity index (χ4v) is 2.88. The molecule has 144 valence electrons. The Hall–Kier alpha value is -3.41. The number of benzene rings is 2. The highest BCUT2D eigenvalue weighted by Gasteiger charge is 2.12. The number of para-hydroxylation sites is 1. The Kier molecular flexibility index (Phi) is 6.57. The maximum atomic E-state index is 12.3. The molecule has 1 aromatic heterocycles. The Morgan fingerprint density at radius 2 is 1.82 bits per heavy atom. The van der Waals surface area contributed by atoms with Gasteiger partial charge in [0.2, 0.25) is 5.95 Å². The summed E-state index contributed by atoms with van der Waals surface area (Å²) in [7, 11) is 1.64. The summed E-state index contributed by atoms with van der Waals surface area (Å²) in [6, 6.07) is 17.7. The molecule has 3 aromatic rings. The molecule has 2 aromatic carbocycles. The molecular formula is C22H24N4O2. The van der Waals surface area contributed by atoms with E-state index in [0.717, 1.165) is 30.0 Å². The minimum atomic E-state index is -0.183. The van der Waals surface area contributed by atoms with Crippen molar-refractivity contribution in [3.63, 3.8) is 0 Å². The maximum absolute atomic E-state index is 12.3. The lowest BCUT2D eigenvalue weighted by Crippen LogP contribution is -2.26. The molecule has 1 heterocycles. The van der Waals surface area contributed by atoms with Gasteiger partial charge in [-0.25, -0.2) is 9.97 Å². The van der Waals surface area contributed by atoms with Gasteiger partial charge in [0.15, 0.2) is 0 Å². The Labute approximate surface area is 165 Å². The lowest BCUT2D eigenvalue weighted by molar-refractivity contribution is 0.0953. The summed E-state index contributed by atoms with van der Waals surface area (Å²) in [5.74, 6) is 1.20. The van der Waals surface area contributed by atoms with E-state index in [1.54, 1.807) is 19.5 Å². The molecule has 3 rings (SSSR count). The van der Waals surface area contributed by atoms with Crippen LogP contribution in [0.25, 0.3) is 0 Å². The van der Waals surface area contributed by atoms with Gasteiger partial charge in [-0.1, -0.05) is 30.3 Å². The van der Waals surface area contributed by atoms with Crippen LogP contribution in [0.2, 0.25) is 0 Å². The van der Waals surface area contributed by atoms with Crippen LogP contribution >= 0.6 is 0 Å². The Bertz CT molecular complexity index is 898. The second kappa shape index (κ2) is 9.50. The van der Waals surface area contributed by atoms with E-state index in [1.165, 1.54) is 0 Å². The molecule has 1 N–H and O–H groups in total. The van der Waals surface area contributed by atoms with E-state index >= 15 is 0 Å². The van der Waals surface area contributed by atoms with Crippen molar-refractivity contribution in [1.82, 2.24) is 15.3 Å². The minimum absolute atomic E-state index is 0.183. The van der Waals surface area contributed by atoms with Crippen LogP contribution in [-0.4, -0.2) is 36.1 Å². The number of methoxy groups -OCH3 is 1. The number of carbonyl (C=O) groups excluding carboxylic acids is 1. The van der Waals surface area contributed by atoms with Crippen molar-refractivity contribution in [2.24, 2.45) is 0 Å². The standard InChI is InChI=1S/C22H24N4O2/c1-3-26(19-9-5-4-6-10-19)22-24-15-18(16-25-22)21(27)23-13-12-17-8-7-11-20(14-17)28-2/h4-11,14-16H,3,12-13H2,1-2H3,(H,23,27). The third-order valence-corrected chi connectivity index (χ3v) is 4.36. The number of nitrogens with one attached hydrogen (secondary N) is 1. The number of ether oxygens (including phenoxy) is 1. The molecule has 0 saturated heterocycles. The lowest BCUT2D eigenvalue weighted by atomic mass is 10.1. The lowest BCUT2D eigenvalue weighted by Gasteiger charge is -2.20. The van der Waals surface area contributed by atoms with Crippen molar-refractivity contribution in [3.8, 4) is 5.75 Å². The summed E-state index contributed by atoms with van der Waals surface area (Å²) < 4.78 is 5.22. The van der Waals surface area contributed by atoms with Crippen LogP contribution in [-0.2, 0) is 6.42 Å². The molecule has 0 atom stereocenters. The van der Waals surface area contributed by atoms with Crippen molar-refractivity contribution < 1.29 is 9.53 Å². The molecule has 28 heavy (non-hydrogen) atoms. The SMILES string of the molecule is CCN(c1ccccc1)c1ncc(C(=O)NCCc2cccc(OC)c2)cn1. The van der Waals surface area contributed by atoms with Crippen molar-refractivity contribution in [2.75, 3.05) is 25.1 Å². The van der Waals surface area contributed by atoms with Crippen LogP contribution in [0, 0.1) is 0 Å². The zero-order valence-electron chi connectivity index (χ0n) is 16.1. The quantitative estimate of drug-likeness (QED) is 0.650.